The summed E-state index contributed by atoms with van der Waals surface area (Å²) >= 11 is 11.9. The maximum absolute atomic E-state index is 12.4. The molecule has 1 saturated carbocycles. The molecule has 122 valence electrons. The molecule has 2 atom stereocenters. The Balaban J connectivity index is 2.14. The predicted molar refractivity (Wildman–Crippen MR) is 88.1 cm³/mol. The summed E-state index contributed by atoms with van der Waals surface area (Å²) in [7, 11) is 1.44. The second-order valence-corrected chi connectivity index (χ2v) is 6.44. The lowest BCUT2D eigenvalue weighted by molar-refractivity contribution is -0.133. The average Bonchev–Trinajstić information content (AvgIpc) is 2.53. The largest absolute Gasteiger partial charge is 0.348 e. The third kappa shape index (κ3) is 4.15. The van der Waals surface area contributed by atoms with Crippen LogP contribution in [0.15, 0.2) is 18.2 Å². The van der Waals surface area contributed by atoms with Gasteiger partial charge in [0.05, 0.1) is 16.5 Å². The van der Waals surface area contributed by atoms with E-state index in [-0.39, 0.29) is 28.8 Å². The van der Waals surface area contributed by atoms with Crippen LogP contribution in [-0.2, 0) is 4.79 Å². The minimum atomic E-state index is -0.386. The zero-order chi connectivity index (χ0) is 17.0. The van der Waals surface area contributed by atoms with Gasteiger partial charge in [0, 0.05) is 18.1 Å². The second kappa shape index (κ2) is 7.67. The summed E-state index contributed by atoms with van der Waals surface area (Å²) in [5.74, 6) is -0.987. The molecule has 2 amide bonds. The monoisotopic (exact) mass is 353 g/mol. The minimum Gasteiger partial charge on any atom is -0.348 e. The Morgan fingerprint density at radius 3 is 2.65 bits per heavy atom. The van der Waals surface area contributed by atoms with Crippen molar-refractivity contribution in [1.82, 2.24) is 10.2 Å². The molecule has 0 saturated heterocycles. The maximum Gasteiger partial charge on any atom is 0.253 e. The van der Waals surface area contributed by atoms with Crippen molar-refractivity contribution in [1.29, 1.82) is 5.26 Å². The molecule has 1 aliphatic carbocycles. The van der Waals surface area contributed by atoms with Crippen LogP contribution in [0.3, 0.4) is 0 Å². The number of hydrogen-bond acceptors (Lipinski definition) is 3. The van der Waals surface area contributed by atoms with Crippen LogP contribution >= 0.6 is 23.2 Å². The number of hydrogen-bond donors (Lipinski definition) is 1. The summed E-state index contributed by atoms with van der Waals surface area (Å²) in [6.45, 7) is 0. The van der Waals surface area contributed by atoms with Gasteiger partial charge in [0.25, 0.3) is 5.91 Å². The number of nitrogens with zero attached hydrogens (tertiary/aromatic N) is 2. The standard InChI is InChI=1S/C16H17Cl2N3O2/c1-21(9-19)16(23)12-4-2-3-5-14(12)20-15(22)11-7-6-10(17)8-13(11)18/h6-8,12,14H,2-5H2,1H3,(H,20,22)/t12-,14+/m0/s1. The number of halogens is 2. The Hall–Kier alpha value is -1.77. The van der Waals surface area contributed by atoms with E-state index in [1.165, 1.54) is 13.1 Å². The molecule has 0 bridgehead atoms. The highest BCUT2D eigenvalue weighted by atomic mass is 35.5. The Morgan fingerprint density at radius 2 is 2.00 bits per heavy atom. The van der Waals surface area contributed by atoms with Gasteiger partial charge >= 0.3 is 0 Å². The molecular weight excluding hydrogens is 337 g/mol. The fourth-order valence-corrected chi connectivity index (χ4v) is 3.31. The van der Waals surface area contributed by atoms with Crippen LogP contribution < -0.4 is 5.32 Å². The summed E-state index contributed by atoms with van der Waals surface area (Å²) in [5, 5.41) is 12.5. The van der Waals surface area contributed by atoms with Crippen LogP contribution in [0.25, 0.3) is 0 Å². The Bertz CT molecular complexity index is 657. The molecule has 0 heterocycles. The Kier molecular flexibility index (Phi) is 5.86. The van der Waals surface area contributed by atoms with Gasteiger partial charge in [-0.2, -0.15) is 5.26 Å². The van der Waals surface area contributed by atoms with E-state index in [2.05, 4.69) is 5.32 Å². The van der Waals surface area contributed by atoms with Crippen LogP contribution in [0.4, 0.5) is 0 Å². The van der Waals surface area contributed by atoms with Crippen molar-refractivity contribution in [3.8, 4) is 6.19 Å². The van der Waals surface area contributed by atoms with Crippen LogP contribution in [0.1, 0.15) is 36.0 Å². The number of carbonyl (C=O) groups excluding carboxylic acids is 2. The lowest BCUT2D eigenvalue weighted by atomic mass is 9.83. The van der Waals surface area contributed by atoms with E-state index in [4.69, 9.17) is 28.5 Å². The maximum atomic E-state index is 12.4. The Morgan fingerprint density at radius 1 is 1.30 bits per heavy atom. The average molecular weight is 354 g/mol. The van der Waals surface area contributed by atoms with Crippen molar-refractivity contribution >= 4 is 35.0 Å². The zero-order valence-electron chi connectivity index (χ0n) is 12.7. The van der Waals surface area contributed by atoms with E-state index in [1.807, 2.05) is 6.19 Å². The molecule has 0 aromatic heterocycles. The van der Waals surface area contributed by atoms with Crippen molar-refractivity contribution in [2.75, 3.05) is 7.05 Å². The molecule has 0 radical (unpaired) electrons. The van der Waals surface area contributed by atoms with Gasteiger partial charge in [-0.15, -0.1) is 0 Å². The lowest BCUT2D eigenvalue weighted by Gasteiger charge is -2.32. The van der Waals surface area contributed by atoms with Crippen molar-refractivity contribution < 1.29 is 9.59 Å². The zero-order valence-corrected chi connectivity index (χ0v) is 14.2. The summed E-state index contributed by atoms with van der Waals surface area (Å²) in [6, 6.07) is 4.35. The quantitative estimate of drug-likeness (QED) is 0.669. The third-order valence-electron chi connectivity index (χ3n) is 4.06. The third-order valence-corrected chi connectivity index (χ3v) is 4.60. The van der Waals surface area contributed by atoms with Gasteiger partial charge in [-0.3, -0.25) is 14.5 Å². The molecular formula is C16H17Cl2N3O2. The smallest absolute Gasteiger partial charge is 0.253 e. The normalized spacial score (nSPS) is 20.4. The molecule has 2 rings (SSSR count). The molecule has 5 nitrogen and oxygen atoms in total. The van der Waals surface area contributed by atoms with Gasteiger partial charge in [0.15, 0.2) is 6.19 Å². The highest BCUT2D eigenvalue weighted by Crippen LogP contribution is 2.27. The Labute approximate surface area is 145 Å². The number of carbonyl (C=O) groups is 2. The fraction of sp³-hybridized carbons (Fsp3) is 0.438. The molecule has 1 fully saturated rings. The van der Waals surface area contributed by atoms with Crippen molar-refractivity contribution in [3.63, 3.8) is 0 Å². The van der Waals surface area contributed by atoms with Crippen LogP contribution in [0.2, 0.25) is 10.0 Å². The van der Waals surface area contributed by atoms with Gasteiger partial charge < -0.3 is 5.32 Å². The van der Waals surface area contributed by atoms with Gasteiger partial charge in [-0.05, 0) is 31.0 Å². The van der Waals surface area contributed by atoms with E-state index in [0.717, 1.165) is 17.7 Å². The molecule has 1 aliphatic rings. The van der Waals surface area contributed by atoms with Gasteiger partial charge in [0.1, 0.15) is 0 Å². The second-order valence-electron chi connectivity index (χ2n) is 5.59. The molecule has 1 aromatic rings. The van der Waals surface area contributed by atoms with Crippen LogP contribution in [0.5, 0.6) is 0 Å². The van der Waals surface area contributed by atoms with E-state index in [0.29, 0.717) is 23.4 Å². The number of amides is 2. The highest BCUT2D eigenvalue weighted by molar-refractivity contribution is 6.36. The molecule has 7 heteroatoms. The molecule has 1 N–H and O–H groups in total. The van der Waals surface area contributed by atoms with E-state index in [9.17, 15) is 9.59 Å². The van der Waals surface area contributed by atoms with E-state index >= 15 is 0 Å². The molecule has 23 heavy (non-hydrogen) atoms. The summed E-state index contributed by atoms with van der Waals surface area (Å²) in [4.78, 5) is 25.7. The van der Waals surface area contributed by atoms with E-state index in [1.54, 1.807) is 12.1 Å². The van der Waals surface area contributed by atoms with E-state index < -0.39 is 0 Å². The van der Waals surface area contributed by atoms with Gasteiger partial charge in [-0.1, -0.05) is 36.0 Å². The first kappa shape index (κ1) is 17.6. The van der Waals surface area contributed by atoms with Crippen molar-refractivity contribution in [3.05, 3.63) is 33.8 Å². The summed E-state index contributed by atoms with van der Waals surface area (Å²) in [6.07, 6.45) is 5.01. The molecule has 0 spiro atoms. The number of benzene rings is 1. The number of nitrogens with one attached hydrogen (secondary N) is 1. The summed E-state index contributed by atoms with van der Waals surface area (Å²) in [5.41, 5.74) is 0.321. The van der Waals surface area contributed by atoms with Gasteiger partial charge in [0.2, 0.25) is 5.91 Å². The van der Waals surface area contributed by atoms with Crippen molar-refractivity contribution in [2.45, 2.75) is 31.7 Å². The first-order chi connectivity index (χ1) is 10.9. The van der Waals surface area contributed by atoms with Crippen LogP contribution in [-0.4, -0.2) is 29.8 Å². The predicted octanol–water partition coefficient (Wildman–Crippen LogP) is 3.22. The lowest BCUT2D eigenvalue weighted by Crippen LogP contribution is -2.48. The van der Waals surface area contributed by atoms with Gasteiger partial charge in [-0.25, -0.2) is 0 Å². The first-order valence-electron chi connectivity index (χ1n) is 7.37. The fourth-order valence-electron chi connectivity index (χ4n) is 2.82. The summed E-state index contributed by atoms with van der Waals surface area (Å²) < 4.78 is 0. The first-order valence-corrected chi connectivity index (χ1v) is 8.13. The molecule has 0 unspecified atom stereocenters. The minimum absolute atomic E-state index is 0.264. The highest BCUT2D eigenvalue weighted by Gasteiger charge is 2.34. The topological polar surface area (TPSA) is 73.2 Å². The van der Waals surface area contributed by atoms with Crippen LogP contribution in [0, 0.1) is 17.4 Å². The molecule has 1 aromatic carbocycles. The number of rotatable bonds is 3. The number of nitriles is 1. The van der Waals surface area contributed by atoms with Crippen molar-refractivity contribution in [2.24, 2.45) is 5.92 Å². The molecule has 0 aliphatic heterocycles. The SMILES string of the molecule is CN(C#N)C(=O)[C@H]1CCCC[C@H]1NC(=O)c1ccc(Cl)cc1Cl.